The Morgan fingerprint density at radius 2 is 1.64 bits per heavy atom. The predicted octanol–water partition coefficient (Wildman–Crippen LogP) is 5.68. The summed E-state index contributed by atoms with van der Waals surface area (Å²) in [5.41, 5.74) is 4.78. The topological polar surface area (TPSA) is 30.5 Å². The van der Waals surface area contributed by atoms with Gasteiger partial charge in [0.1, 0.15) is 6.61 Å². The van der Waals surface area contributed by atoms with E-state index in [0.29, 0.717) is 13.2 Å². The van der Waals surface area contributed by atoms with Crippen LogP contribution >= 0.6 is 15.9 Å². The molecule has 0 atom stereocenters. The number of aryl methyl sites for hydroxylation is 1. The van der Waals surface area contributed by atoms with E-state index in [1.54, 1.807) is 7.11 Å². The number of hydrogen-bond donors (Lipinski definition) is 1. The summed E-state index contributed by atoms with van der Waals surface area (Å²) in [6, 6.07) is 22.8. The molecule has 3 rings (SSSR count). The van der Waals surface area contributed by atoms with Gasteiger partial charge in [-0.15, -0.1) is 0 Å². The summed E-state index contributed by atoms with van der Waals surface area (Å²) in [6.07, 6.45) is 0.988. The van der Waals surface area contributed by atoms with Gasteiger partial charge >= 0.3 is 0 Å². The van der Waals surface area contributed by atoms with E-state index < -0.39 is 0 Å². The number of rotatable bonds is 9. The molecule has 0 bridgehead atoms. The first-order chi connectivity index (χ1) is 13.7. The first-order valence-electron chi connectivity index (χ1n) is 9.45. The van der Waals surface area contributed by atoms with Crippen molar-refractivity contribution in [2.75, 3.05) is 13.7 Å². The molecular weight excluding hydrogens is 414 g/mol. The number of methoxy groups -OCH3 is 1. The van der Waals surface area contributed by atoms with Gasteiger partial charge in [-0.2, -0.15) is 0 Å². The minimum Gasteiger partial charge on any atom is -0.493 e. The average Bonchev–Trinajstić information content (AvgIpc) is 2.73. The van der Waals surface area contributed by atoms with Crippen molar-refractivity contribution in [2.45, 2.75) is 26.5 Å². The van der Waals surface area contributed by atoms with Crippen LogP contribution < -0.4 is 14.8 Å². The molecule has 3 nitrogen and oxygen atoms in total. The van der Waals surface area contributed by atoms with E-state index in [0.717, 1.165) is 40.1 Å². The van der Waals surface area contributed by atoms with Crippen molar-refractivity contribution >= 4 is 15.9 Å². The van der Waals surface area contributed by atoms with E-state index in [1.807, 2.05) is 18.2 Å². The van der Waals surface area contributed by atoms with E-state index in [9.17, 15) is 0 Å². The molecule has 3 aromatic carbocycles. The largest absolute Gasteiger partial charge is 0.493 e. The predicted molar refractivity (Wildman–Crippen MR) is 118 cm³/mol. The molecule has 146 valence electrons. The van der Waals surface area contributed by atoms with Crippen molar-refractivity contribution in [3.63, 3.8) is 0 Å². The normalized spacial score (nSPS) is 10.7. The maximum Gasteiger partial charge on any atom is 0.167 e. The summed E-state index contributed by atoms with van der Waals surface area (Å²) < 4.78 is 12.8. The van der Waals surface area contributed by atoms with Crippen LogP contribution in [0.25, 0.3) is 0 Å². The Morgan fingerprint density at radius 1 is 0.893 bits per heavy atom. The zero-order valence-electron chi connectivity index (χ0n) is 16.4. The second-order valence-corrected chi connectivity index (χ2v) is 7.60. The van der Waals surface area contributed by atoms with Gasteiger partial charge < -0.3 is 14.8 Å². The molecule has 0 aromatic heterocycles. The summed E-state index contributed by atoms with van der Waals surface area (Å²) in [7, 11) is 1.68. The lowest BCUT2D eigenvalue weighted by Gasteiger charge is -2.17. The van der Waals surface area contributed by atoms with Crippen LogP contribution in [0.1, 0.15) is 22.3 Å². The third kappa shape index (κ3) is 5.60. The molecule has 0 aliphatic carbocycles. The van der Waals surface area contributed by atoms with Crippen molar-refractivity contribution in [2.24, 2.45) is 0 Å². The zero-order valence-corrected chi connectivity index (χ0v) is 18.0. The molecule has 0 aliphatic rings. The number of halogens is 1. The van der Waals surface area contributed by atoms with Crippen molar-refractivity contribution in [3.05, 3.63) is 93.5 Å². The molecule has 0 amide bonds. The third-order valence-electron chi connectivity index (χ3n) is 4.63. The molecule has 0 saturated heterocycles. The van der Waals surface area contributed by atoms with Gasteiger partial charge in [-0.25, -0.2) is 0 Å². The lowest BCUT2D eigenvalue weighted by Crippen LogP contribution is -2.18. The van der Waals surface area contributed by atoms with Crippen LogP contribution in [-0.2, 0) is 19.6 Å². The summed E-state index contributed by atoms with van der Waals surface area (Å²) >= 11 is 3.67. The van der Waals surface area contributed by atoms with Crippen LogP contribution in [0.15, 0.2) is 71.2 Å². The summed E-state index contributed by atoms with van der Waals surface area (Å²) in [5.74, 6) is 1.53. The van der Waals surface area contributed by atoms with E-state index in [-0.39, 0.29) is 0 Å². The fourth-order valence-electron chi connectivity index (χ4n) is 3.00. The maximum atomic E-state index is 6.19. The van der Waals surface area contributed by atoms with Crippen LogP contribution in [0.4, 0.5) is 0 Å². The fraction of sp³-hybridized carbons (Fsp3) is 0.250. The van der Waals surface area contributed by atoms with Crippen molar-refractivity contribution in [1.29, 1.82) is 0 Å². The molecule has 0 spiro atoms. The van der Waals surface area contributed by atoms with Crippen molar-refractivity contribution < 1.29 is 9.47 Å². The Labute approximate surface area is 175 Å². The Morgan fingerprint density at radius 3 is 2.36 bits per heavy atom. The third-order valence-corrected chi connectivity index (χ3v) is 5.37. The van der Waals surface area contributed by atoms with Gasteiger partial charge in [-0.05, 0) is 43.1 Å². The van der Waals surface area contributed by atoms with Crippen LogP contribution in [0.2, 0.25) is 0 Å². The van der Waals surface area contributed by atoms with Gasteiger partial charge in [0, 0.05) is 16.6 Å². The maximum absolute atomic E-state index is 6.19. The monoisotopic (exact) mass is 439 g/mol. The van der Waals surface area contributed by atoms with Gasteiger partial charge in [0.2, 0.25) is 0 Å². The lowest BCUT2D eigenvalue weighted by molar-refractivity contribution is 0.280. The van der Waals surface area contributed by atoms with Gasteiger partial charge in [0.05, 0.1) is 7.11 Å². The van der Waals surface area contributed by atoms with Crippen molar-refractivity contribution in [1.82, 2.24) is 5.32 Å². The Hall–Kier alpha value is -2.30. The van der Waals surface area contributed by atoms with Crippen LogP contribution in [0, 0.1) is 6.92 Å². The van der Waals surface area contributed by atoms with E-state index in [1.165, 1.54) is 11.1 Å². The molecule has 0 saturated carbocycles. The second kappa shape index (κ2) is 10.3. The summed E-state index contributed by atoms with van der Waals surface area (Å²) in [5, 5.41) is 3.52. The van der Waals surface area contributed by atoms with Crippen LogP contribution in [0.5, 0.6) is 11.5 Å². The Balaban J connectivity index is 1.67. The average molecular weight is 440 g/mol. The highest BCUT2D eigenvalue weighted by Crippen LogP contribution is 2.36. The van der Waals surface area contributed by atoms with E-state index in [4.69, 9.17) is 9.47 Å². The van der Waals surface area contributed by atoms with Gasteiger partial charge in [-0.1, -0.05) is 76.1 Å². The molecule has 0 heterocycles. The number of ether oxygens (including phenoxy) is 2. The van der Waals surface area contributed by atoms with E-state index >= 15 is 0 Å². The highest BCUT2D eigenvalue weighted by Gasteiger charge is 2.14. The van der Waals surface area contributed by atoms with Gasteiger partial charge in [0.25, 0.3) is 0 Å². The minimum atomic E-state index is 0.504. The second-order valence-electron chi connectivity index (χ2n) is 6.74. The Kier molecular flexibility index (Phi) is 7.52. The number of nitrogens with one attached hydrogen (secondary N) is 1. The van der Waals surface area contributed by atoms with Gasteiger partial charge in [-0.3, -0.25) is 0 Å². The van der Waals surface area contributed by atoms with Crippen molar-refractivity contribution in [3.8, 4) is 11.5 Å². The number of benzene rings is 3. The Bertz CT molecular complexity index is 879. The van der Waals surface area contributed by atoms with E-state index in [2.05, 4.69) is 76.7 Å². The zero-order chi connectivity index (χ0) is 19.8. The lowest BCUT2D eigenvalue weighted by atomic mass is 10.1. The molecule has 0 aliphatic heterocycles. The standard InChI is InChI=1S/C24H26BrNO2/c1-18-8-10-20(11-9-18)17-28-24-21(22(25)12-13-23(24)27-2)16-26-15-14-19-6-4-3-5-7-19/h3-13,26H,14-17H2,1-2H3. The molecule has 0 unspecified atom stereocenters. The van der Waals surface area contributed by atoms with Crippen LogP contribution in [-0.4, -0.2) is 13.7 Å². The molecule has 0 radical (unpaired) electrons. The first kappa shape index (κ1) is 20.4. The number of hydrogen-bond acceptors (Lipinski definition) is 3. The molecule has 3 aromatic rings. The highest BCUT2D eigenvalue weighted by molar-refractivity contribution is 9.10. The molecule has 4 heteroatoms. The smallest absolute Gasteiger partial charge is 0.167 e. The first-order valence-corrected chi connectivity index (χ1v) is 10.2. The molecular formula is C24H26BrNO2. The molecule has 28 heavy (non-hydrogen) atoms. The minimum absolute atomic E-state index is 0.504. The fourth-order valence-corrected chi connectivity index (χ4v) is 3.45. The SMILES string of the molecule is COc1ccc(Br)c(CNCCc2ccccc2)c1OCc1ccc(C)cc1. The molecule has 0 fully saturated rings. The van der Waals surface area contributed by atoms with Gasteiger partial charge in [0.15, 0.2) is 11.5 Å². The summed E-state index contributed by atoms with van der Waals surface area (Å²) in [4.78, 5) is 0. The highest BCUT2D eigenvalue weighted by atomic mass is 79.9. The quantitative estimate of drug-likeness (QED) is 0.435. The summed E-state index contributed by atoms with van der Waals surface area (Å²) in [6.45, 7) is 4.18. The van der Waals surface area contributed by atoms with Crippen LogP contribution in [0.3, 0.4) is 0 Å². The molecule has 1 N–H and O–H groups in total.